The number of aliphatic imine (C=N–C) groups is 1. The molecule has 11 nitrogen and oxygen atoms in total. The number of nitrogens with one attached hydrogen (secondary N) is 3. The van der Waals surface area contributed by atoms with Crippen molar-refractivity contribution in [2.75, 3.05) is 6.54 Å². The Morgan fingerprint density at radius 1 is 1.00 bits per heavy atom. The first kappa shape index (κ1) is 30.4. The highest BCUT2D eigenvalue weighted by Gasteiger charge is 2.30. The van der Waals surface area contributed by atoms with E-state index in [0.29, 0.717) is 32.1 Å². The van der Waals surface area contributed by atoms with Gasteiger partial charge in [0.2, 0.25) is 11.8 Å². The number of amides is 3. The second-order valence-corrected chi connectivity index (χ2v) is 9.32. The van der Waals surface area contributed by atoms with Gasteiger partial charge in [-0.3, -0.25) is 14.6 Å². The van der Waals surface area contributed by atoms with Crippen LogP contribution in [0, 0.1) is 11.8 Å². The Balaban J connectivity index is 2.76. The second-order valence-electron chi connectivity index (χ2n) is 9.32. The lowest BCUT2D eigenvalue weighted by Gasteiger charge is -2.27. The number of hydrogen-bond acceptors (Lipinski definition) is 6. The van der Waals surface area contributed by atoms with Crippen LogP contribution in [-0.2, 0) is 25.7 Å². The number of benzene rings is 1. The zero-order valence-electron chi connectivity index (χ0n) is 21.5. The molecule has 0 aliphatic heterocycles. The maximum absolute atomic E-state index is 13.1. The topological polar surface area (TPSA) is 178 Å². The molecule has 1 aromatic rings. The van der Waals surface area contributed by atoms with Crippen molar-refractivity contribution in [1.29, 1.82) is 0 Å². The molecule has 0 saturated carbocycles. The highest BCUT2D eigenvalue weighted by Crippen LogP contribution is 2.09. The summed E-state index contributed by atoms with van der Waals surface area (Å²) in [5, 5.41) is 7.98. The van der Waals surface area contributed by atoms with Gasteiger partial charge in [0, 0.05) is 6.54 Å². The van der Waals surface area contributed by atoms with Crippen LogP contribution in [0.4, 0.5) is 4.79 Å². The molecular formula is C25H40N6O5. The summed E-state index contributed by atoms with van der Waals surface area (Å²) in [6, 6.07) is 6.62. The van der Waals surface area contributed by atoms with Crippen molar-refractivity contribution in [1.82, 2.24) is 16.0 Å². The first-order valence-electron chi connectivity index (χ1n) is 12.1. The van der Waals surface area contributed by atoms with E-state index in [1.165, 1.54) is 0 Å². The number of carbonyl (C=O) groups excluding carboxylic acids is 4. The average molecular weight is 505 g/mol. The molecular weight excluding hydrogens is 464 g/mol. The van der Waals surface area contributed by atoms with Crippen LogP contribution < -0.4 is 27.4 Å². The van der Waals surface area contributed by atoms with E-state index in [1.54, 1.807) is 13.8 Å². The predicted octanol–water partition coefficient (Wildman–Crippen LogP) is 1.21. The highest BCUT2D eigenvalue weighted by atomic mass is 16.5. The van der Waals surface area contributed by atoms with Crippen molar-refractivity contribution in [3.05, 3.63) is 35.9 Å². The SMILES string of the molecule is CC(C)C[C@H](NC(=O)OCc1ccccc1)C(=O)N[C@H](C(=O)NC(C=O)CCCN=C(N)N)C(C)C. The Labute approximate surface area is 212 Å². The minimum atomic E-state index is -0.908. The summed E-state index contributed by atoms with van der Waals surface area (Å²) in [6.07, 6.45) is 1.09. The van der Waals surface area contributed by atoms with Gasteiger partial charge in [0.1, 0.15) is 25.0 Å². The molecule has 36 heavy (non-hydrogen) atoms. The molecule has 1 rings (SSSR count). The molecule has 0 aliphatic rings. The first-order chi connectivity index (χ1) is 17.0. The largest absolute Gasteiger partial charge is 0.445 e. The molecule has 0 fully saturated rings. The van der Waals surface area contributed by atoms with Crippen LogP contribution in [0.1, 0.15) is 52.5 Å². The number of nitrogens with zero attached hydrogens (tertiary/aromatic N) is 1. The van der Waals surface area contributed by atoms with Crippen LogP contribution in [0.25, 0.3) is 0 Å². The molecule has 3 atom stereocenters. The molecule has 0 spiro atoms. The van der Waals surface area contributed by atoms with Crippen molar-refractivity contribution in [2.24, 2.45) is 28.3 Å². The molecule has 0 aromatic heterocycles. The average Bonchev–Trinajstić information content (AvgIpc) is 2.82. The lowest BCUT2D eigenvalue weighted by atomic mass is 9.99. The molecule has 0 heterocycles. The minimum Gasteiger partial charge on any atom is -0.445 e. The predicted molar refractivity (Wildman–Crippen MR) is 138 cm³/mol. The Hall–Kier alpha value is -3.63. The van der Waals surface area contributed by atoms with Gasteiger partial charge in [-0.1, -0.05) is 58.0 Å². The molecule has 11 heteroatoms. The van der Waals surface area contributed by atoms with E-state index in [2.05, 4.69) is 20.9 Å². The van der Waals surface area contributed by atoms with Gasteiger partial charge in [-0.2, -0.15) is 0 Å². The molecule has 0 aliphatic carbocycles. The number of rotatable bonds is 15. The smallest absolute Gasteiger partial charge is 0.408 e. The van der Waals surface area contributed by atoms with E-state index in [-0.39, 0.29) is 24.4 Å². The van der Waals surface area contributed by atoms with Crippen molar-refractivity contribution in [3.63, 3.8) is 0 Å². The third-order valence-electron chi connectivity index (χ3n) is 5.23. The highest BCUT2D eigenvalue weighted by molar-refractivity contribution is 5.92. The number of guanidine groups is 1. The molecule has 0 radical (unpaired) electrons. The Kier molecular flexibility index (Phi) is 13.6. The van der Waals surface area contributed by atoms with Gasteiger partial charge in [0.05, 0.1) is 6.04 Å². The zero-order chi connectivity index (χ0) is 27.1. The summed E-state index contributed by atoms with van der Waals surface area (Å²) in [4.78, 5) is 53.6. The molecule has 0 bridgehead atoms. The minimum absolute atomic E-state index is 0.0437. The summed E-state index contributed by atoms with van der Waals surface area (Å²) in [7, 11) is 0. The van der Waals surface area contributed by atoms with E-state index < -0.39 is 36.0 Å². The maximum atomic E-state index is 13.1. The molecule has 3 amide bonds. The van der Waals surface area contributed by atoms with Gasteiger partial charge in [-0.05, 0) is 36.7 Å². The molecule has 200 valence electrons. The summed E-state index contributed by atoms with van der Waals surface area (Å²) < 4.78 is 5.25. The van der Waals surface area contributed by atoms with Crippen molar-refractivity contribution >= 4 is 30.2 Å². The van der Waals surface area contributed by atoms with E-state index in [1.807, 2.05) is 44.2 Å². The fraction of sp³-hybridized carbons (Fsp3) is 0.560. The molecule has 1 aromatic carbocycles. The van der Waals surface area contributed by atoms with Gasteiger partial charge in [0.25, 0.3) is 0 Å². The van der Waals surface area contributed by atoms with Crippen LogP contribution in [0.15, 0.2) is 35.3 Å². The van der Waals surface area contributed by atoms with Gasteiger partial charge >= 0.3 is 6.09 Å². The van der Waals surface area contributed by atoms with Gasteiger partial charge in [0.15, 0.2) is 5.96 Å². The van der Waals surface area contributed by atoms with Gasteiger partial charge < -0.3 is 36.9 Å². The number of ether oxygens (including phenoxy) is 1. The van der Waals surface area contributed by atoms with E-state index in [0.717, 1.165) is 5.56 Å². The number of carbonyl (C=O) groups is 4. The first-order valence-corrected chi connectivity index (χ1v) is 12.1. The maximum Gasteiger partial charge on any atom is 0.408 e. The van der Waals surface area contributed by atoms with Crippen LogP contribution in [0.5, 0.6) is 0 Å². The summed E-state index contributed by atoms with van der Waals surface area (Å²) in [5.41, 5.74) is 11.4. The number of nitrogens with two attached hydrogens (primary N) is 2. The van der Waals surface area contributed by atoms with E-state index in [4.69, 9.17) is 16.2 Å². The number of aldehydes is 1. The van der Waals surface area contributed by atoms with Crippen LogP contribution in [-0.4, -0.2) is 54.8 Å². The fourth-order valence-electron chi connectivity index (χ4n) is 3.36. The summed E-state index contributed by atoms with van der Waals surface area (Å²) >= 11 is 0. The summed E-state index contributed by atoms with van der Waals surface area (Å²) in [5.74, 6) is -1.23. The van der Waals surface area contributed by atoms with Crippen molar-refractivity contribution in [3.8, 4) is 0 Å². The second kappa shape index (κ2) is 16.1. The van der Waals surface area contributed by atoms with E-state index >= 15 is 0 Å². The van der Waals surface area contributed by atoms with Gasteiger partial charge in [-0.25, -0.2) is 4.79 Å². The lowest BCUT2D eigenvalue weighted by molar-refractivity contribution is -0.132. The molecule has 0 saturated heterocycles. The lowest BCUT2D eigenvalue weighted by Crippen LogP contribution is -2.57. The van der Waals surface area contributed by atoms with Crippen molar-refractivity contribution in [2.45, 2.75) is 71.7 Å². The van der Waals surface area contributed by atoms with Crippen LogP contribution in [0.2, 0.25) is 0 Å². The Morgan fingerprint density at radius 2 is 1.67 bits per heavy atom. The van der Waals surface area contributed by atoms with E-state index in [9.17, 15) is 19.2 Å². The summed E-state index contributed by atoms with van der Waals surface area (Å²) in [6.45, 7) is 7.78. The monoisotopic (exact) mass is 504 g/mol. The Bertz CT molecular complexity index is 871. The normalized spacial score (nSPS) is 13.3. The quantitative estimate of drug-likeness (QED) is 0.103. The van der Waals surface area contributed by atoms with Crippen LogP contribution >= 0.6 is 0 Å². The number of hydrogen-bond donors (Lipinski definition) is 5. The fourth-order valence-corrected chi connectivity index (χ4v) is 3.36. The van der Waals surface area contributed by atoms with Gasteiger partial charge in [-0.15, -0.1) is 0 Å². The Morgan fingerprint density at radius 3 is 2.22 bits per heavy atom. The molecule has 7 N–H and O–H groups in total. The third-order valence-corrected chi connectivity index (χ3v) is 5.23. The van der Waals surface area contributed by atoms with Crippen molar-refractivity contribution < 1.29 is 23.9 Å². The zero-order valence-corrected chi connectivity index (χ0v) is 21.5. The molecule has 1 unspecified atom stereocenters. The number of alkyl carbamates (subject to hydrolysis) is 1. The standard InChI is InChI=1S/C25H40N6O5/c1-16(2)13-20(30-25(35)36-15-18-9-6-5-7-10-18)22(33)31-21(17(3)4)23(34)29-19(14-32)11-8-12-28-24(26)27/h5-7,9-10,14,16-17,19-21H,8,11-13,15H2,1-4H3,(H,29,34)(H,30,35)(H,31,33)(H4,26,27,28)/t19?,20-,21-/m0/s1. The van der Waals surface area contributed by atoms with Crippen LogP contribution in [0.3, 0.4) is 0 Å². The third kappa shape index (κ3) is 12.2.